The first-order valence-electron chi connectivity index (χ1n) is 13.0. The van der Waals surface area contributed by atoms with Crippen LogP contribution in [-0.2, 0) is 9.59 Å². The molecule has 2 heterocycles. The highest BCUT2D eigenvalue weighted by Crippen LogP contribution is 2.22. The van der Waals surface area contributed by atoms with Gasteiger partial charge in [-0.25, -0.2) is 0 Å². The first-order valence-corrected chi connectivity index (χ1v) is 13.0. The van der Waals surface area contributed by atoms with E-state index in [-0.39, 0.29) is 23.9 Å². The standard InChI is InChI=1S/C34H24N2O4/c37-31(35-33-27(23-11-3-1-4-12-23)21-25-15-7-9-17-29(25)39-33)19-20-32(38)36-34-28(24-13-5-2-6-14-24)22-26-16-8-10-18-30(26)40-34/h1-18,21-22H,19-20H2. The Bertz CT molecular complexity index is 1840. The van der Waals surface area contributed by atoms with Gasteiger partial charge in [0.15, 0.2) is 0 Å². The molecule has 0 radical (unpaired) electrons. The summed E-state index contributed by atoms with van der Waals surface area (Å²) in [6.45, 7) is 0. The van der Waals surface area contributed by atoms with Gasteiger partial charge in [0.25, 0.3) is 0 Å². The molecule has 0 N–H and O–H groups in total. The largest absolute Gasteiger partial charge is 0.438 e. The van der Waals surface area contributed by atoms with Gasteiger partial charge in [-0.05, 0) is 35.4 Å². The van der Waals surface area contributed by atoms with E-state index in [0.717, 1.165) is 21.9 Å². The van der Waals surface area contributed by atoms with Crippen LogP contribution in [0, 0.1) is 0 Å². The van der Waals surface area contributed by atoms with Gasteiger partial charge < -0.3 is 8.83 Å². The van der Waals surface area contributed by atoms with Crippen molar-refractivity contribution in [1.29, 1.82) is 0 Å². The monoisotopic (exact) mass is 524 g/mol. The quantitative estimate of drug-likeness (QED) is 0.247. The van der Waals surface area contributed by atoms with Crippen molar-refractivity contribution < 1.29 is 18.4 Å². The fraction of sp³-hybridized carbons (Fsp3) is 0.0588. The van der Waals surface area contributed by atoms with Gasteiger partial charge in [-0.15, -0.1) is 0 Å². The molecule has 0 atom stereocenters. The van der Waals surface area contributed by atoms with Crippen LogP contribution in [0.4, 0.5) is 0 Å². The van der Waals surface area contributed by atoms with Crippen LogP contribution < -0.4 is 11.1 Å². The molecule has 6 aromatic rings. The maximum atomic E-state index is 12.9. The molecule has 6 nitrogen and oxygen atoms in total. The van der Waals surface area contributed by atoms with Crippen molar-refractivity contribution in [1.82, 2.24) is 0 Å². The number of carbonyl (C=O) groups excluding carboxylic acids is 2. The molecule has 0 fully saturated rings. The summed E-state index contributed by atoms with van der Waals surface area (Å²) in [5.41, 5.74) is 4.79. The zero-order chi connectivity index (χ0) is 27.3. The summed E-state index contributed by atoms with van der Waals surface area (Å²) in [6, 6.07) is 38.3. The van der Waals surface area contributed by atoms with Crippen molar-refractivity contribution in [2.45, 2.75) is 12.8 Å². The average Bonchev–Trinajstić information content (AvgIpc) is 3.00. The lowest BCUT2D eigenvalue weighted by Gasteiger charge is -2.05. The van der Waals surface area contributed by atoms with Crippen LogP contribution in [0.5, 0.6) is 0 Å². The smallest absolute Gasteiger partial charge is 0.249 e. The van der Waals surface area contributed by atoms with E-state index in [1.807, 2.05) is 121 Å². The van der Waals surface area contributed by atoms with Crippen molar-refractivity contribution in [2.24, 2.45) is 9.98 Å². The summed E-state index contributed by atoms with van der Waals surface area (Å²) >= 11 is 0. The summed E-state index contributed by atoms with van der Waals surface area (Å²) in [5, 5.41) is 1.80. The zero-order valence-electron chi connectivity index (χ0n) is 21.5. The van der Waals surface area contributed by atoms with E-state index in [1.165, 1.54) is 0 Å². The number of para-hydroxylation sites is 2. The molecular weight excluding hydrogens is 500 g/mol. The third-order valence-electron chi connectivity index (χ3n) is 6.49. The Labute approximate surface area is 229 Å². The molecule has 2 aromatic heterocycles. The van der Waals surface area contributed by atoms with Crippen molar-refractivity contribution in [2.75, 3.05) is 0 Å². The van der Waals surface area contributed by atoms with Crippen molar-refractivity contribution >= 4 is 33.8 Å². The second kappa shape index (κ2) is 11.2. The second-order valence-electron chi connectivity index (χ2n) is 9.25. The van der Waals surface area contributed by atoms with Gasteiger partial charge >= 0.3 is 0 Å². The molecule has 0 aliphatic heterocycles. The van der Waals surface area contributed by atoms with Crippen LogP contribution in [0.1, 0.15) is 12.8 Å². The topological polar surface area (TPSA) is 85.1 Å². The highest BCUT2D eigenvalue weighted by molar-refractivity contribution is 5.87. The van der Waals surface area contributed by atoms with Gasteiger partial charge in [-0.2, -0.15) is 9.98 Å². The lowest BCUT2D eigenvalue weighted by molar-refractivity contribution is -0.123. The highest BCUT2D eigenvalue weighted by atomic mass is 16.3. The number of amides is 2. The van der Waals surface area contributed by atoms with Crippen molar-refractivity contribution in [3.8, 4) is 22.3 Å². The van der Waals surface area contributed by atoms with E-state index in [4.69, 9.17) is 8.83 Å². The number of rotatable bonds is 5. The molecule has 2 amide bonds. The fourth-order valence-electron chi connectivity index (χ4n) is 4.51. The lowest BCUT2D eigenvalue weighted by atomic mass is 10.1. The second-order valence-corrected chi connectivity index (χ2v) is 9.25. The SMILES string of the molecule is O=C(CCC(=O)N=c1oc2ccccc2cc1-c1ccccc1)N=c1oc2ccccc2cc1-c1ccccc1. The number of fused-ring (bicyclic) bond motifs is 2. The molecule has 0 saturated carbocycles. The van der Waals surface area contributed by atoms with Crippen LogP contribution in [0.2, 0.25) is 0 Å². The Balaban J connectivity index is 1.30. The Kier molecular flexibility index (Phi) is 6.97. The van der Waals surface area contributed by atoms with E-state index < -0.39 is 11.8 Å². The third-order valence-corrected chi connectivity index (χ3v) is 6.49. The summed E-state index contributed by atoms with van der Waals surface area (Å²) in [4.78, 5) is 34.3. The minimum Gasteiger partial charge on any atom is -0.438 e. The first-order chi connectivity index (χ1) is 19.6. The van der Waals surface area contributed by atoms with E-state index in [1.54, 1.807) is 0 Å². The molecule has 6 heteroatoms. The molecule has 6 rings (SSSR count). The third kappa shape index (κ3) is 5.42. The Morgan fingerprint density at radius 3 is 1.30 bits per heavy atom. The van der Waals surface area contributed by atoms with E-state index in [9.17, 15) is 9.59 Å². The number of hydrogen-bond acceptors (Lipinski definition) is 4. The normalized spacial score (nSPS) is 12.2. The Morgan fingerprint density at radius 2 is 0.875 bits per heavy atom. The predicted octanol–water partition coefficient (Wildman–Crippen LogP) is 6.85. The molecule has 0 aliphatic carbocycles. The number of hydrogen-bond donors (Lipinski definition) is 0. The molecule has 40 heavy (non-hydrogen) atoms. The van der Waals surface area contributed by atoms with Crippen molar-refractivity contribution in [3.05, 3.63) is 132 Å². The summed E-state index contributed by atoms with van der Waals surface area (Å²) in [6.07, 6.45) is -0.236. The summed E-state index contributed by atoms with van der Waals surface area (Å²) < 4.78 is 12.0. The van der Waals surface area contributed by atoms with Crippen molar-refractivity contribution in [3.63, 3.8) is 0 Å². The Morgan fingerprint density at radius 1 is 0.500 bits per heavy atom. The maximum absolute atomic E-state index is 12.9. The average molecular weight is 525 g/mol. The summed E-state index contributed by atoms with van der Waals surface area (Å²) in [5.74, 6) is -0.947. The minimum atomic E-state index is -0.474. The molecule has 0 unspecified atom stereocenters. The summed E-state index contributed by atoms with van der Waals surface area (Å²) in [7, 11) is 0. The van der Waals surface area contributed by atoms with Gasteiger partial charge in [0.1, 0.15) is 11.2 Å². The Hall–Kier alpha value is -5.36. The van der Waals surface area contributed by atoms with Crippen LogP contribution in [0.15, 0.2) is 140 Å². The van der Waals surface area contributed by atoms with Crippen LogP contribution in [0.3, 0.4) is 0 Å². The molecule has 0 saturated heterocycles. The number of benzene rings is 4. The zero-order valence-corrected chi connectivity index (χ0v) is 21.5. The van der Waals surface area contributed by atoms with E-state index in [0.29, 0.717) is 22.3 Å². The molecule has 0 spiro atoms. The van der Waals surface area contributed by atoms with E-state index in [2.05, 4.69) is 9.98 Å². The highest BCUT2D eigenvalue weighted by Gasteiger charge is 2.12. The first kappa shape index (κ1) is 24.9. The molecule has 4 aromatic carbocycles. The van der Waals surface area contributed by atoms with Gasteiger partial charge in [-0.1, -0.05) is 97.1 Å². The van der Waals surface area contributed by atoms with Crippen LogP contribution in [-0.4, -0.2) is 11.8 Å². The fourth-order valence-corrected chi connectivity index (χ4v) is 4.51. The maximum Gasteiger partial charge on any atom is 0.249 e. The molecule has 0 aliphatic rings. The van der Waals surface area contributed by atoms with Gasteiger partial charge in [0.05, 0.1) is 0 Å². The lowest BCUT2D eigenvalue weighted by Crippen LogP contribution is -2.13. The van der Waals surface area contributed by atoms with Gasteiger partial charge in [-0.3, -0.25) is 9.59 Å². The predicted molar refractivity (Wildman–Crippen MR) is 154 cm³/mol. The molecule has 0 bridgehead atoms. The van der Waals surface area contributed by atoms with Crippen LogP contribution >= 0.6 is 0 Å². The minimum absolute atomic E-state index is 0.118. The number of nitrogens with zero attached hydrogens (tertiary/aromatic N) is 2. The van der Waals surface area contributed by atoms with Gasteiger partial charge in [0, 0.05) is 34.7 Å². The van der Waals surface area contributed by atoms with Crippen LogP contribution in [0.25, 0.3) is 44.2 Å². The molecule has 194 valence electrons. The number of carbonyl (C=O) groups is 2. The van der Waals surface area contributed by atoms with Gasteiger partial charge in [0.2, 0.25) is 22.9 Å². The van der Waals surface area contributed by atoms with E-state index >= 15 is 0 Å². The molecular formula is C34H24N2O4.